The number of likely N-dealkylation sites (tertiary alicyclic amines) is 1. The molecule has 1 aromatic heterocycles. The van der Waals surface area contributed by atoms with Gasteiger partial charge in [0.25, 0.3) is 5.91 Å². The first kappa shape index (κ1) is 18.0. The highest BCUT2D eigenvalue weighted by molar-refractivity contribution is 5.94. The van der Waals surface area contributed by atoms with Gasteiger partial charge in [-0.05, 0) is 73.6 Å². The van der Waals surface area contributed by atoms with Crippen LogP contribution in [0.15, 0.2) is 60.7 Å². The minimum Gasteiger partial charge on any atom is -0.497 e. The summed E-state index contributed by atoms with van der Waals surface area (Å²) < 4.78 is 7.15. The van der Waals surface area contributed by atoms with Crippen molar-refractivity contribution in [1.29, 1.82) is 0 Å². The Morgan fingerprint density at radius 3 is 2.45 bits per heavy atom. The number of hydrogen-bond donors (Lipinski definition) is 0. The topological polar surface area (TPSA) is 47.4 Å². The molecule has 1 atom stereocenters. The van der Waals surface area contributed by atoms with Crippen molar-refractivity contribution in [3.05, 3.63) is 66.4 Å². The Balaban J connectivity index is 1.49. The molecule has 1 saturated carbocycles. The second-order valence-electron chi connectivity index (χ2n) is 8.03. The summed E-state index contributed by atoms with van der Waals surface area (Å²) in [5.41, 5.74) is 3.35. The van der Waals surface area contributed by atoms with Gasteiger partial charge in [-0.2, -0.15) is 5.10 Å². The lowest BCUT2D eigenvalue weighted by Crippen LogP contribution is -2.29. The van der Waals surface area contributed by atoms with E-state index in [4.69, 9.17) is 9.84 Å². The zero-order chi connectivity index (χ0) is 19.8. The highest BCUT2D eigenvalue weighted by Crippen LogP contribution is 2.41. The highest BCUT2D eigenvalue weighted by atomic mass is 16.5. The van der Waals surface area contributed by atoms with Crippen molar-refractivity contribution < 1.29 is 9.53 Å². The Labute approximate surface area is 170 Å². The van der Waals surface area contributed by atoms with Gasteiger partial charge < -0.3 is 9.64 Å². The second kappa shape index (κ2) is 7.39. The van der Waals surface area contributed by atoms with Crippen molar-refractivity contribution in [2.75, 3.05) is 20.2 Å². The number of hydrogen-bond acceptors (Lipinski definition) is 3. The zero-order valence-corrected chi connectivity index (χ0v) is 16.6. The summed E-state index contributed by atoms with van der Waals surface area (Å²) in [6, 6.07) is 19.7. The van der Waals surface area contributed by atoms with Crippen molar-refractivity contribution in [3.63, 3.8) is 0 Å². The van der Waals surface area contributed by atoms with Crippen molar-refractivity contribution >= 4 is 5.91 Å². The first-order chi connectivity index (χ1) is 14.2. The Kier molecular flexibility index (Phi) is 4.58. The minimum absolute atomic E-state index is 0.0394. The normalized spacial score (nSPS) is 18.8. The standard InChI is InChI=1S/C24H25N3O2/c1-29-21-11-9-18(10-12-21)23-15-22(25-27(23)20-5-3-2-4-6-20)24(28)26-14-13-19(16-26)17-7-8-17/h2-6,9-12,15,17,19H,7-8,13-14,16H2,1H3. The van der Waals surface area contributed by atoms with E-state index in [-0.39, 0.29) is 5.91 Å². The number of amides is 1. The molecule has 1 aliphatic heterocycles. The highest BCUT2D eigenvalue weighted by Gasteiger charge is 2.38. The molecular weight excluding hydrogens is 362 g/mol. The van der Waals surface area contributed by atoms with Crippen molar-refractivity contribution in [2.45, 2.75) is 19.3 Å². The molecule has 3 aromatic rings. The third kappa shape index (κ3) is 3.53. The molecule has 1 unspecified atom stereocenters. The average molecular weight is 387 g/mol. The molecule has 29 heavy (non-hydrogen) atoms. The van der Waals surface area contributed by atoms with Crippen LogP contribution >= 0.6 is 0 Å². The van der Waals surface area contributed by atoms with E-state index < -0.39 is 0 Å². The van der Waals surface area contributed by atoms with E-state index in [0.717, 1.165) is 48.1 Å². The van der Waals surface area contributed by atoms with E-state index in [9.17, 15) is 4.79 Å². The number of rotatable bonds is 5. The van der Waals surface area contributed by atoms with Gasteiger partial charge in [0.05, 0.1) is 18.5 Å². The van der Waals surface area contributed by atoms with Gasteiger partial charge in [-0.15, -0.1) is 0 Å². The van der Waals surface area contributed by atoms with Crippen molar-refractivity contribution in [3.8, 4) is 22.7 Å². The molecule has 1 amide bonds. The van der Waals surface area contributed by atoms with Crippen LogP contribution in [0, 0.1) is 11.8 Å². The van der Waals surface area contributed by atoms with Gasteiger partial charge in [0, 0.05) is 18.7 Å². The van der Waals surface area contributed by atoms with Crippen LogP contribution in [-0.4, -0.2) is 40.8 Å². The van der Waals surface area contributed by atoms with Gasteiger partial charge in [0.1, 0.15) is 5.75 Å². The number of methoxy groups -OCH3 is 1. The average Bonchev–Trinajstić information content (AvgIpc) is 3.34. The van der Waals surface area contributed by atoms with Crippen LogP contribution in [0.2, 0.25) is 0 Å². The molecule has 2 aliphatic rings. The Bertz CT molecular complexity index is 1010. The first-order valence-corrected chi connectivity index (χ1v) is 10.3. The van der Waals surface area contributed by atoms with Gasteiger partial charge in [-0.1, -0.05) is 18.2 Å². The van der Waals surface area contributed by atoms with Gasteiger partial charge in [0.15, 0.2) is 5.69 Å². The maximum absolute atomic E-state index is 13.2. The van der Waals surface area contributed by atoms with E-state index >= 15 is 0 Å². The van der Waals surface area contributed by atoms with Crippen LogP contribution in [0.1, 0.15) is 29.8 Å². The summed E-state index contributed by atoms with van der Waals surface area (Å²) in [7, 11) is 1.66. The van der Waals surface area contributed by atoms with Crippen LogP contribution in [0.5, 0.6) is 5.75 Å². The quantitative estimate of drug-likeness (QED) is 0.651. The molecule has 1 aliphatic carbocycles. The van der Waals surface area contributed by atoms with Crippen LogP contribution < -0.4 is 4.74 Å². The van der Waals surface area contributed by atoms with Gasteiger partial charge in [-0.3, -0.25) is 4.79 Å². The van der Waals surface area contributed by atoms with Crippen LogP contribution in [0.25, 0.3) is 16.9 Å². The SMILES string of the molecule is COc1ccc(-c2cc(C(=O)N3CCC(C4CC4)C3)nn2-c2ccccc2)cc1. The summed E-state index contributed by atoms with van der Waals surface area (Å²) in [5, 5.41) is 4.72. The van der Waals surface area contributed by atoms with Gasteiger partial charge in [-0.25, -0.2) is 4.68 Å². The Hall–Kier alpha value is -3.08. The fourth-order valence-electron chi connectivity index (χ4n) is 4.31. The lowest BCUT2D eigenvalue weighted by molar-refractivity contribution is 0.0779. The van der Waals surface area contributed by atoms with Gasteiger partial charge >= 0.3 is 0 Å². The van der Waals surface area contributed by atoms with Crippen LogP contribution in [0.4, 0.5) is 0 Å². The number of carbonyl (C=O) groups excluding carboxylic acids is 1. The Morgan fingerprint density at radius 1 is 1.00 bits per heavy atom. The Morgan fingerprint density at radius 2 is 1.76 bits per heavy atom. The number of ether oxygens (including phenoxy) is 1. The molecule has 148 valence electrons. The third-order valence-electron chi connectivity index (χ3n) is 6.12. The van der Waals surface area contributed by atoms with E-state index in [1.165, 1.54) is 12.8 Å². The summed E-state index contributed by atoms with van der Waals surface area (Å²) in [4.78, 5) is 15.2. The first-order valence-electron chi connectivity index (χ1n) is 10.3. The molecule has 1 saturated heterocycles. The van der Waals surface area contributed by atoms with Crippen molar-refractivity contribution in [2.24, 2.45) is 11.8 Å². The maximum Gasteiger partial charge on any atom is 0.274 e. The van der Waals surface area contributed by atoms with Crippen LogP contribution in [0.3, 0.4) is 0 Å². The third-order valence-corrected chi connectivity index (χ3v) is 6.12. The summed E-state index contributed by atoms with van der Waals surface area (Å²) in [6.45, 7) is 1.72. The van der Waals surface area contributed by atoms with E-state index in [1.54, 1.807) is 7.11 Å². The molecule has 5 heteroatoms. The van der Waals surface area contributed by atoms with Crippen LogP contribution in [-0.2, 0) is 0 Å². The van der Waals surface area contributed by atoms with E-state index in [0.29, 0.717) is 11.6 Å². The predicted molar refractivity (Wildman–Crippen MR) is 112 cm³/mol. The van der Waals surface area contributed by atoms with E-state index in [1.807, 2.05) is 70.2 Å². The maximum atomic E-state index is 13.2. The predicted octanol–water partition coefficient (Wildman–Crippen LogP) is 4.42. The molecule has 5 rings (SSSR count). The molecule has 0 radical (unpaired) electrons. The molecule has 0 N–H and O–H groups in total. The molecule has 2 heterocycles. The minimum atomic E-state index is 0.0394. The monoisotopic (exact) mass is 387 g/mol. The molecule has 0 bridgehead atoms. The summed E-state index contributed by atoms with van der Waals surface area (Å²) in [6.07, 6.45) is 3.79. The number of carbonyl (C=O) groups is 1. The molecule has 0 spiro atoms. The molecular formula is C24H25N3O2. The number of nitrogens with zero attached hydrogens (tertiary/aromatic N) is 3. The molecule has 2 fully saturated rings. The lowest BCUT2D eigenvalue weighted by atomic mass is 10.0. The van der Waals surface area contributed by atoms with Gasteiger partial charge in [0.2, 0.25) is 0 Å². The largest absolute Gasteiger partial charge is 0.497 e. The van der Waals surface area contributed by atoms with E-state index in [2.05, 4.69) is 0 Å². The van der Waals surface area contributed by atoms with Crippen molar-refractivity contribution in [1.82, 2.24) is 14.7 Å². The fourth-order valence-corrected chi connectivity index (χ4v) is 4.31. The summed E-state index contributed by atoms with van der Waals surface area (Å²) >= 11 is 0. The number of aromatic nitrogens is 2. The second-order valence-corrected chi connectivity index (χ2v) is 8.03. The molecule has 2 aromatic carbocycles. The zero-order valence-electron chi connectivity index (χ0n) is 16.6. The number of para-hydroxylation sites is 1. The fraction of sp³-hybridized carbons (Fsp3) is 0.333. The smallest absolute Gasteiger partial charge is 0.274 e. The lowest BCUT2D eigenvalue weighted by Gasteiger charge is -2.14. The summed E-state index contributed by atoms with van der Waals surface area (Å²) in [5.74, 6) is 2.36. The molecule has 5 nitrogen and oxygen atoms in total. The number of benzene rings is 2.